The molecule has 6 nitrogen and oxygen atoms in total. The lowest BCUT2D eigenvalue weighted by Crippen LogP contribution is -2.25. The summed E-state index contributed by atoms with van der Waals surface area (Å²) in [6.45, 7) is 53.9. The summed E-state index contributed by atoms with van der Waals surface area (Å²) in [5.41, 5.74) is 12.4. The van der Waals surface area contributed by atoms with Crippen molar-refractivity contribution in [3.05, 3.63) is 178 Å². The minimum absolute atomic E-state index is 0.0108. The highest BCUT2D eigenvalue weighted by Gasteiger charge is 2.35. The summed E-state index contributed by atoms with van der Waals surface area (Å²) in [4.78, 5) is 0. The third kappa shape index (κ3) is 14.1. The minimum Gasteiger partial charge on any atom is -0.505 e. The lowest BCUT2D eigenvalue weighted by atomic mass is 9.71. The number of nitrogens with zero attached hydrogens (tertiary/aromatic N) is 2. The van der Waals surface area contributed by atoms with Gasteiger partial charge in [-0.2, -0.15) is 0 Å². The maximum absolute atomic E-state index is 16.2. The Morgan fingerprint density at radius 1 is 0.351 bits per heavy atom. The molecular weight excluding hydrogens is 1160 g/mol. The van der Waals surface area contributed by atoms with Crippen LogP contribution in [0.15, 0.2) is 133 Å². The molecule has 2 N–H and O–H groups in total. The molecular formula is C86H106F2N2O4. The van der Waals surface area contributed by atoms with E-state index in [-0.39, 0.29) is 79.9 Å². The van der Waals surface area contributed by atoms with Gasteiger partial charge in [-0.25, -0.2) is 8.78 Å². The predicted molar refractivity (Wildman–Crippen MR) is 394 cm³/mol. The highest BCUT2D eigenvalue weighted by molar-refractivity contribution is 6.11. The van der Waals surface area contributed by atoms with E-state index >= 15 is 8.78 Å². The molecule has 94 heavy (non-hydrogen) atoms. The molecule has 0 bridgehead atoms. The number of phenolic OH excluding ortho intramolecular Hbond substituents is 2. The molecule has 0 amide bonds. The van der Waals surface area contributed by atoms with Crippen LogP contribution in [0.2, 0.25) is 0 Å². The molecule has 0 fully saturated rings. The number of fused-ring (bicyclic) bond motifs is 6. The normalized spacial score (nSPS) is 13.4. The van der Waals surface area contributed by atoms with Gasteiger partial charge in [-0.05, 0) is 205 Å². The van der Waals surface area contributed by atoms with Crippen LogP contribution < -0.4 is 9.47 Å². The number of benzene rings is 8. The Morgan fingerprint density at radius 2 is 0.638 bits per heavy atom. The molecule has 2 aromatic heterocycles. The third-order valence-electron chi connectivity index (χ3n) is 19.5. The molecule has 498 valence electrons. The standard InChI is InChI=1S/C86H106F2N2O4/c1-51(2)52(47-93-75-35-29-59(87)45-65(75)67-41-57(85(21,22)49-79(3,4)5)43-73(77(67)91)89-69-31-25-53(81(9,10)11)37-61(69)62-38-54(82(12,13)14)26-32-70(62)89)48-94-76-36-30-60(88)46-66(76)68-42-58(86(23,24)50-80(6,7)8)44-74(78(68)92)90-71-33-27-55(83(15,16)17)39-63(71)64-40-56(84(18,19)20)28-34-72(64)90/h25-46,51-52,91-92H,47-50H2,1-24H3. The van der Waals surface area contributed by atoms with Crippen LogP contribution in [-0.2, 0) is 32.5 Å². The highest BCUT2D eigenvalue weighted by atomic mass is 19.1. The topological polar surface area (TPSA) is 68.8 Å². The summed E-state index contributed by atoms with van der Waals surface area (Å²) in [6.07, 6.45) is 1.66. The molecule has 0 atom stereocenters. The number of hydrogen-bond donors (Lipinski definition) is 2. The van der Waals surface area contributed by atoms with E-state index in [1.165, 1.54) is 46.5 Å². The van der Waals surface area contributed by atoms with Gasteiger partial charge in [0, 0.05) is 49.7 Å². The van der Waals surface area contributed by atoms with Crippen molar-refractivity contribution in [2.75, 3.05) is 13.2 Å². The van der Waals surface area contributed by atoms with Crippen molar-refractivity contribution >= 4 is 43.6 Å². The Bertz CT molecular complexity index is 4100. The van der Waals surface area contributed by atoms with Crippen molar-refractivity contribution in [2.45, 2.75) is 212 Å². The van der Waals surface area contributed by atoms with E-state index in [9.17, 15) is 10.2 Å². The van der Waals surface area contributed by atoms with Crippen LogP contribution in [-0.4, -0.2) is 32.6 Å². The first kappa shape index (κ1) is 69.3. The molecule has 0 unspecified atom stereocenters. The summed E-state index contributed by atoms with van der Waals surface area (Å²) in [6, 6.07) is 44.1. The second kappa shape index (κ2) is 24.3. The average Bonchev–Trinajstić information content (AvgIpc) is 1.55. The van der Waals surface area contributed by atoms with E-state index in [1.54, 1.807) is 12.1 Å². The van der Waals surface area contributed by atoms with Crippen molar-refractivity contribution in [3.63, 3.8) is 0 Å². The maximum Gasteiger partial charge on any atom is 0.147 e. The van der Waals surface area contributed by atoms with Crippen molar-refractivity contribution < 1.29 is 28.5 Å². The SMILES string of the molecule is CC(C)C(COc1ccc(F)cc1-c1cc(C(C)(C)CC(C)(C)C)cc(-n2c3ccc(C(C)(C)C)cc3c3cc(C(C)(C)C)ccc32)c1O)COc1ccc(F)cc1-c1cc(C(C)(C)CC(C)(C)C)cc(-n2c3ccc(C(C)(C)C)cc3c3cc(C(C)(C)C)ccc32)c1O. The maximum atomic E-state index is 16.2. The van der Waals surface area contributed by atoms with Crippen molar-refractivity contribution in [2.24, 2.45) is 22.7 Å². The van der Waals surface area contributed by atoms with Gasteiger partial charge in [0.15, 0.2) is 0 Å². The highest BCUT2D eigenvalue weighted by Crippen LogP contribution is 2.51. The fraction of sp³-hybridized carbons (Fsp3) is 0.442. The number of aromatic hydroxyl groups is 2. The first-order chi connectivity index (χ1) is 43.3. The molecule has 0 saturated heterocycles. The Balaban J connectivity index is 1.07. The van der Waals surface area contributed by atoms with Crippen LogP contribution >= 0.6 is 0 Å². The smallest absolute Gasteiger partial charge is 0.147 e. The molecule has 8 heteroatoms. The van der Waals surface area contributed by atoms with Crippen LogP contribution in [0.1, 0.15) is 212 Å². The van der Waals surface area contributed by atoms with Gasteiger partial charge in [0.05, 0.1) is 46.7 Å². The van der Waals surface area contributed by atoms with Gasteiger partial charge in [0.1, 0.15) is 34.6 Å². The number of hydrogen-bond acceptors (Lipinski definition) is 4. The third-order valence-corrected chi connectivity index (χ3v) is 19.5. The quantitative estimate of drug-likeness (QED) is 0.107. The Morgan fingerprint density at radius 3 is 0.894 bits per heavy atom. The second-order valence-electron chi connectivity index (χ2n) is 35.5. The summed E-state index contributed by atoms with van der Waals surface area (Å²) < 4.78 is 50.6. The van der Waals surface area contributed by atoms with Gasteiger partial charge in [0.25, 0.3) is 0 Å². The predicted octanol–water partition coefficient (Wildman–Crippen LogP) is 24.3. The Kier molecular flexibility index (Phi) is 17.9. The summed E-state index contributed by atoms with van der Waals surface area (Å²) in [5.74, 6) is -0.289. The number of aromatic nitrogens is 2. The zero-order valence-corrected chi connectivity index (χ0v) is 61.0. The summed E-state index contributed by atoms with van der Waals surface area (Å²) in [5, 5.41) is 30.7. The molecule has 0 aliphatic carbocycles. The van der Waals surface area contributed by atoms with Gasteiger partial charge in [-0.15, -0.1) is 0 Å². The van der Waals surface area contributed by atoms with E-state index in [0.29, 0.717) is 45.1 Å². The van der Waals surface area contributed by atoms with Gasteiger partial charge in [0.2, 0.25) is 0 Å². The average molecular weight is 1270 g/mol. The van der Waals surface area contributed by atoms with Crippen molar-refractivity contribution in [3.8, 4) is 56.6 Å². The van der Waals surface area contributed by atoms with Crippen LogP contribution in [0.25, 0.3) is 77.2 Å². The number of phenols is 2. The first-order valence-corrected chi connectivity index (χ1v) is 34.1. The van der Waals surface area contributed by atoms with Crippen molar-refractivity contribution in [1.29, 1.82) is 0 Å². The van der Waals surface area contributed by atoms with E-state index in [4.69, 9.17) is 9.47 Å². The zero-order chi connectivity index (χ0) is 69.1. The van der Waals surface area contributed by atoms with Gasteiger partial charge in [-0.1, -0.05) is 190 Å². The van der Waals surface area contributed by atoms with Crippen LogP contribution in [0.3, 0.4) is 0 Å². The van der Waals surface area contributed by atoms with E-state index in [0.717, 1.165) is 67.6 Å². The summed E-state index contributed by atoms with van der Waals surface area (Å²) in [7, 11) is 0. The number of ether oxygens (including phenoxy) is 2. The van der Waals surface area contributed by atoms with Gasteiger partial charge < -0.3 is 28.8 Å². The van der Waals surface area contributed by atoms with Gasteiger partial charge >= 0.3 is 0 Å². The fourth-order valence-electron chi connectivity index (χ4n) is 14.6. The van der Waals surface area contributed by atoms with Crippen LogP contribution in [0, 0.1) is 34.3 Å². The lowest BCUT2D eigenvalue weighted by molar-refractivity contribution is 0.143. The summed E-state index contributed by atoms with van der Waals surface area (Å²) >= 11 is 0. The zero-order valence-electron chi connectivity index (χ0n) is 61.0. The lowest BCUT2D eigenvalue weighted by Gasteiger charge is -2.34. The van der Waals surface area contributed by atoms with Crippen LogP contribution in [0.4, 0.5) is 8.78 Å². The van der Waals surface area contributed by atoms with E-state index < -0.39 is 11.6 Å². The first-order valence-electron chi connectivity index (χ1n) is 34.1. The molecule has 0 saturated carbocycles. The van der Waals surface area contributed by atoms with Gasteiger partial charge in [-0.3, -0.25) is 0 Å². The number of rotatable bonds is 15. The molecule has 0 aliphatic rings. The molecule has 2 heterocycles. The number of halogens is 2. The second-order valence-corrected chi connectivity index (χ2v) is 35.5. The molecule has 10 rings (SSSR count). The Labute approximate surface area is 560 Å². The Hall–Kier alpha value is -7.58. The minimum atomic E-state index is -0.462. The largest absolute Gasteiger partial charge is 0.505 e. The van der Waals surface area contributed by atoms with Crippen LogP contribution in [0.5, 0.6) is 23.0 Å². The van der Waals surface area contributed by atoms with E-state index in [2.05, 4.69) is 260 Å². The molecule has 10 aromatic rings. The molecule has 0 aliphatic heterocycles. The molecule has 0 radical (unpaired) electrons. The fourth-order valence-corrected chi connectivity index (χ4v) is 14.6. The van der Waals surface area contributed by atoms with Crippen molar-refractivity contribution in [1.82, 2.24) is 9.13 Å². The monoisotopic (exact) mass is 1270 g/mol. The van der Waals surface area contributed by atoms with E-state index in [1.807, 2.05) is 12.1 Å². The molecule has 8 aromatic carbocycles. The molecule has 0 spiro atoms.